The van der Waals surface area contributed by atoms with Crippen LogP contribution in [0.2, 0.25) is 0 Å². The molecule has 2 rings (SSSR count). The number of rotatable bonds is 7. The molecule has 0 aromatic carbocycles. The molecule has 0 unspecified atom stereocenters. The Balaban J connectivity index is 1.70. The minimum atomic E-state index is -2.81. The first kappa shape index (κ1) is 17.8. The van der Waals surface area contributed by atoms with Gasteiger partial charge in [0, 0.05) is 39.1 Å². The van der Waals surface area contributed by atoms with Crippen molar-refractivity contribution in [2.24, 2.45) is 4.99 Å². The van der Waals surface area contributed by atoms with Gasteiger partial charge in [-0.25, -0.2) is 8.42 Å². The molecule has 1 aromatic rings. The van der Waals surface area contributed by atoms with E-state index in [1.807, 2.05) is 19.1 Å². The predicted octanol–water partition coefficient (Wildman–Crippen LogP) is 0.108. The van der Waals surface area contributed by atoms with E-state index >= 15 is 0 Å². The molecule has 1 aromatic heterocycles. The van der Waals surface area contributed by atoms with Crippen LogP contribution in [0.15, 0.2) is 27.8 Å². The Morgan fingerprint density at radius 3 is 2.78 bits per heavy atom. The molecule has 0 saturated carbocycles. The van der Waals surface area contributed by atoms with Gasteiger partial charge in [0.1, 0.15) is 5.76 Å². The maximum Gasteiger partial charge on any atom is 0.191 e. The van der Waals surface area contributed by atoms with Crippen molar-refractivity contribution >= 4 is 15.8 Å². The minimum Gasteiger partial charge on any atom is -0.469 e. The summed E-state index contributed by atoms with van der Waals surface area (Å²) in [5.74, 6) is 2.25. The summed E-state index contributed by atoms with van der Waals surface area (Å²) >= 11 is 0. The molecule has 130 valence electrons. The molecule has 7 nitrogen and oxygen atoms in total. The molecule has 2 heterocycles. The van der Waals surface area contributed by atoms with Gasteiger partial charge in [-0.15, -0.1) is 0 Å². The van der Waals surface area contributed by atoms with Crippen molar-refractivity contribution in [2.75, 3.05) is 50.8 Å². The minimum absolute atomic E-state index is 0.262. The summed E-state index contributed by atoms with van der Waals surface area (Å²) in [6, 6.07) is 3.84. The highest BCUT2D eigenvalue weighted by Crippen LogP contribution is 2.03. The van der Waals surface area contributed by atoms with E-state index in [4.69, 9.17) is 4.42 Å². The summed E-state index contributed by atoms with van der Waals surface area (Å²) in [5.41, 5.74) is 0. The van der Waals surface area contributed by atoms with Gasteiger partial charge < -0.3 is 15.1 Å². The molecule has 1 aliphatic rings. The van der Waals surface area contributed by atoms with Crippen LogP contribution in [-0.2, 0) is 16.3 Å². The molecule has 23 heavy (non-hydrogen) atoms. The van der Waals surface area contributed by atoms with Gasteiger partial charge in [0.2, 0.25) is 0 Å². The molecule has 8 heteroatoms. The molecule has 0 aliphatic carbocycles. The molecule has 0 atom stereocenters. The van der Waals surface area contributed by atoms with E-state index in [2.05, 4.69) is 20.5 Å². The van der Waals surface area contributed by atoms with E-state index in [9.17, 15) is 8.42 Å². The molecule has 1 aliphatic heterocycles. The van der Waals surface area contributed by atoms with Crippen molar-refractivity contribution < 1.29 is 12.8 Å². The van der Waals surface area contributed by atoms with E-state index in [0.717, 1.165) is 37.8 Å². The van der Waals surface area contributed by atoms with Gasteiger partial charge in [0.25, 0.3) is 0 Å². The zero-order chi connectivity index (χ0) is 16.5. The van der Waals surface area contributed by atoms with Crippen molar-refractivity contribution in [1.82, 2.24) is 15.5 Å². The summed E-state index contributed by atoms with van der Waals surface area (Å²) in [5, 5.41) is 6.48. The maximum absolute atomic E-state index is 11.4. The normalized spacial score (nSPS) is 18.7. The number of aliphatic imine (C=N–C) groups is 1. The SMILES string of the molecule is CCNC(=NCCN1CCS(=O)(=O)CC1)NCCc1ccco1. The lowest BCUT2D eigenvalue weighted by Crippen LogP contribution is -2.42. The molecule has 1 fully saturated rings. The quantitative estimate of drug-likeness (QED) is 0.540. The summed E-state index contributed by atoms with van der Waals surface area (Å²) in [6.07, 6.45) is 2.48. The van der Waals surface area contributed by atoms with Crippen molar-refractivity contribution in [1.29, 1.82) is 0 Å². The van der Waals surface area contributed by atoms with Crippen LogP contribution in [-0.4, -0.2) is 70.1 Å². The van der Waals surface area contributed by atoms with Crippen molar-refractivity contribution in [2.45, 2.75) is 13.3 Å². The largest absolute Gasteiger partial charge is 0.469 e. The van der Waals surface area contributed by atoms with Crippen molar-refractivity contribution in [3.8, 4) is 0 Å². The van der Waals surface area contributed by atoms with Gasteiger partial charge in [-0.1, -0.05) is 0 Å². The van der Waals surface area contributed by atoms with Crippen LogP contribution in [0.4, 0.5) is 0 Å². The highest BCUT2D eigenvalue weighted by molar-refractivity contribution is 7.91. The first-order valence-electron chi connectivity index (χ1n) is 8.06. The molecular weight excluding hydrogens is 316 g/mol. The van der Waals surface area contributed by atoms with Crippen molar-refractivity contribution in [3.63, 3.8) is 0 Å². The summed E-state index contributed by atoms with van der Waals surface area (Å²) in [4.78, 5) is 6.69. The van der Waals surface area contributed by atoms with Crippen LogP contribution < -0.4 is 10.6 Å². The Labute approximate surface area is 138 Å². The average Bonchev–Trinajstić information content (AvgIpc) is 3.02. The lowest BCUT2D eigenvalue weighted by Gasteiger charge is -2.25. The molecular formula is C15H26N4O3S. The lowest BCUT2D eigenvalue weighted by atomic mass is 10.3. The second-order valence-electron chi connectivity index (χ2n) is 5.51. The number of guanidine groups is 1. The molecule has 0 bridgehead atoms. The summed E-state index contributed by atoms with van der Waals surface area (Å²) < 4.78 is 28.1. The van der Waals surface area contributed by atoms with Crippen LogP contribution in [0.5, 0.6) is 0 Å². The van der Waals surface area contributed by atoms with Crippen molar-refractivity contribution in [3.05, 3.63) is 24.2 Å². The second kappa shape index (κ2) is 8.93. The Hall–Kier alpha value is -1.54. The van der Waals surface area contributed by atoms with E-state index in [1.165, 1.54) is 0 Å². The second-order valence-corrected chi connectivity index (χ2v) is 7.81. The molecule has 1 saturated heterocycles. The number of furan rings is 1. The first-order valence-corrected chi connectivity index (χ1v) is 9.88. The number of sulfone groups is 1. The zero-order valence-electron chi connectivity index (χ0n) is 13.6. The van der Waals surface area contributed by atoms with Crippen LogP contribution in [0.1, 0.15) is 12.7 Å². The zero-order valence-corrected chi connectivity index (χ0v) is 14.4. The molecule has 0 radical (unpaired) electrons. The standard InChI is InChI=1S/C15H26N4O3S/c1-2-16-15(17-6-5-14-4-3-11-22-14)18-7-8-19-9-12-23(20,21)13-10-19/h3-4,11H,2,5-10,12-13H2,1H3,(H2,16,17,18). The predicted molar refractivity (Wildman–Crippen MR) is 91.5 cm³/mol. The molecule has 2 N–H and O–H groups in total. The van der Waals surface area contributed by atoms with Gasteiger partial charge in [-0.05, 0) is 19.1 Å². The highest BCUT2D eigenvalue weighted by atomic mass is 32.2. The van der Waals surface area contributed by atoms with Gasteiger partial charge in [-0.2, -0.15) is 0 Å². The van der Waals surface area contributed by atoms with Gasteiger partial charge in [-0.3, -0.25) is 9.89 Å². The van der Waals surface area contributed by atoms with E-state index in [0.29, 0.717) is 19.6 Å². The monoisotopic (exact) mass is 342 g/mol. The van der Waals surface area contributed by atoms with Crippen LogP contribution >= 0.6 is 0 Å². The van der Waals surface area contributed by atoms with Gasteiger partial charge in [0.15, 0.2) is 15.8 Å². The first-order chi connectivity index (χ1) is 11.1. The number of hydrogen-bond donors (Lipinski definition) is 2. The lowest BCUT2D eigenvalue weighted by molar-refractivity contribution is 0.304. The Morgan fingerprint density at radius 1 is 1.35 bits per heavy atom. The van der Waals surface area contributed by atoms with Crippen LogP contribution in [0, 0.1) is 0 Å². The van der Waals surface area contributed by atoms with Crippen LogP contribution in [0.25, 0.3) is 0 Å². The van der Waals surface area contributed by atoms with E-state index in [1.54, 1.807) is 6.26 Å². The average molecular weight is 342 g/mol. The third kappa shape index (κ3) is 6.62. The fourth-order valence-electron chi connectivity index (χ4n) is 2.38. The Bertz CT molecular complexity index is 570. The number of nitrogens with zero attached hydrogens (tertiary/aromatic N) is 2. The fraction of sp³-hybridized carbons (Fsp3) is 0.667. The molecule has 0 spiro atoms. The van der Waals surface area contributed by atoms with Gasteiger partial charge >= 0.3 is 0 Å². The summed E-state index contributed by atoms with van der Waals surface area (Å²) in [6.45, 7) is 6.23. The summed E-state index contributed by atoms with van der Waals surface area (Å²) in [7, 11) is -2.81. The third-order valence-corrected chi connectivity index (χ3v) is 5.32. The smallest absolute Gasteiger partial charge is 0.191 e. The number of hydrogen-bond acceptors (Lipinski definition) is 5. The topological polar surface area (TPSA) is 86.9 Å². The molecule has 0 amide bonds. The van der Waals surface area contributed by atoms with Crippen LogP contribution in [0.3, 0.4) is 0 Å². The van der Waals surface area contributed by atoms with Gasteiger partial charge in [0.05, 0.1) is 24.3 Å². The third-order valence-electron chi connectivity index (χ3n) is 3.71. The Kier molecular flexibility index (Phi) is 6.91. The van der Waals surface area contributed by atoms with E-state index in [-0.39, 0.29) is 11.5 Å². The maximum atomic E-state index is 11.4. The van der Waals surface area contributed by atoms with E-state index < -0.39 is 9.84 Å². The fourth-order valence-corrected chi connectivity index (χ4v) is 3.65. The Morgan fingerprint density at radius 2 is 2.13 bits per heavy atom. The number of nitrogens with one attached hydrogen (secondary N) is 2. The highest BCUT2D eigenvalue weighted by Gasteiger charge is 2.20.